The van der Waals surface area contributed by atoms with Crippen LogP contribution in [0.2, 0.25) is 0 Å². The predicted octanol–water partition coefficient (Wildman–Crippen LogP) is 2.51. The summed E-state index contributed by atoms with van der Waals surface area (Å²) in [7, 11) is 0. The fourth-order valence-electron chi connectivity index (χ4n) is 0.509. The van der Waals surface area contributed by atoms with Crippen molar-refractivity contribution in [3.8, 4) is 0 Å². The maximum absolute atomic E-state index is 10.3. The molecule has 8 heavy (non-hydrogen) atoms. The Morgan fingerprint density at radius 1 is 1.62 bits per heavy atom. The first-order chi connectivity index (χ1) is 3.77. The van der Waals surface area contributed by atoms with Crippen molar-refractivity contribution in [1.29, 1.82) is 0 Å². The molecule has 47 valence electrons. The second-order valence-corrected chi connectivity index (χ2v) is 1.96. The van der Waals surface area contributed by atoms with Gasteiger partial charge in [-0.2, -0.15) is 0 Å². The summed E-state index contributed by atoms with van der Waals surface area (Å²) in [6.07, 6.45) is 5.00. The highest BCUT2D eigenvalue weighted by atomic mass is 16.3. The number of unbranched alkanes of at least 4 members (excludes halogenated alkanes) is 2. The molecule has 0 aromatic heterocycles. The van der Waals surface area contributed by atoms with E-state index in [9.17, 15) is 5.11 Å². The summed E-state index contributed by atoms with van der Waals surface area (Å²) >= 11 is 0. The first-order valence-corrected chi connectivity index (χ1v) is 3.11. The first kappa shape index (κ1) is 7.54. The molecule has 0 atom stereocenters. The molecular weight excluding hydrogens is 100 g/mol. The molecule has 0 saturated carbocycles. The molecule has 0 saturated heterocycles. The molecule has 0 aromatic carbocycles. The molecular formula is C7H13O. The van der Waals surface area contributed by atoms with Crippen LogP contribution >= 0.6 is 0 Å². The lowest BCUT2D eigenvalue weighted by atomic mass is 10.2. The zero-order chi connectivity index (χ0) is 6.41. The molecule has 0 spiro atoms. The van der Waals surface area contributed by atoms with Crippen molar-refractivity contribution in [3.63, 3.8) is 0 Å². The van der Waals surface area contributed by atoms with Gasteiger partial charge in [0.25, 0.3) is 0 Å². The Balaban J connectivity index is 3.03. The molecule has 1 nitrogen and oxygen atoms in total. The summed E-state index contributed by atoms with van der Waals surface area (Å²) in [4.78, 5) is 0. The van der Waals surface area contributed by atoms with Crippen molar-refractivity contribution in [2.45, 2.75) is 33.1 Å². The summed E-state index contributed by atoms with van der Waals surface area (Å²) in [6, 6.07) is 0. The van der Waals surface area contributed by atoms with Crippen LogP contribution in [0.5, 0.6) is 0 Å². The van der Waals surface area contributed by atoms with Gasteiger partial charge < -0.3 is 0 Å². The van der Waals surface area contributed by atoms with Crippen molar-refractivity contribution in [2.24, 2.45) is 0 Å². The fourth-order valence-corrected chi connectivity index (χ4v) is 0.509. The molecule has 0 fully saturated rings. The van der Waals surface area contributed by atoms with Crippen LogP contribution in [-0.4, -0.2) is 0 Å². The molecule has 0 aromatic rings. The maximum Gasteiger partial charge on any atom is 0.148 e. The minimum absolute atomic E-state index is 0.193. The monoisotopic (exact) mass is 113 g/mol. The summed E-state index contributed by atoms with van der Waals surface area (Å²) in [5.41, 5.74) is 0. The summed E-state index contributed by atoms with van der Waals surface area (Å²) in [5.74, 6) is 0.193. The van der Waals surface area contributed by atoms with Crippen LogP contribution in [-0.2, 0) is 5.11 Å². The summed E-state index contributed by atoms with van der Waals surface area (Å²) < 4.78 is 0. The highest BCUT2D eigenvalue weighted by molar-refractivity contribution is 4.84. The van der Waals surface area contributed by atoms with Crippen molar-refractivity contribution in [1.82, 2.24) is 0 Å². The van der Waals surface area contributed by atoms with Gasteiger partial charge in [-0.15, -0.1) is 0 Å². The normalized spacial score (nSPS) is 12.0. The van der Waals surface area contributed by atoms with E-state index in [1.54, 1.807) is 13.0 Å². The minimum atomic E-state index is 0.193. The number of hydrogen-bond donors (Lipinski definition) is 0. The summed E-state index contributed by atoms with van der Waals surface area (Å²) in [5, 5.41) is 10.3. The van der Waals surface area contributed by atoms with Gasteiger partial charge in [-0.3, -0.25) is 5.11 Å². The standard InChI is InChI=1S/C7H13O/c1-3-4-5-6-7(2)8/h6H,3-5H2,1-2H3/b7-6+. The lowest BCUT2D eigenvalue weighted by molar-refractivity contribution is 0.298. The Kier molecular flexibility index (Phi) is 4.42. The molecule has 1 radical (unpaired) electrons. The third-order valence-corrected chi connectivity index (χ3v) is 0.989. The van der Waals surface area contributed by atoms with E-state index in [4.69, 9.17) is 0 Å². The lowest BCUT2D eigenvalue weighted by Crippen LogP contribution is -1.69. The average molecular weight is 113 g/mol. The highest BCUT2D eigenvalue weighted by Gasteiger charge is 1.81. The highest BCUT2D eigenvalue weighted by Crippen LogP contribution is 1.97. The largest absolute Gasteiger partial charge is 0.296 e. The van der Waals surface area contributed by atoms with Gasteiger partial charge >= 0.3 is 0 Å². The molecule has 1 heteroatoms. The van der Waals surface area contributed by atoms with Crippen LogP contribution in [0, 0.1) is 0 Å². The van der Waals surface area contributed by atoms with Gasteiger partial charge in [0.05, 0.1) is 0 Å². The molecule has 0 amide bonds. The smallest absolute Gasteiger partial charge is 0.148 e. The van der Waals surface area contributed by atoms with Gasteiger partial charge in [-0.05, 0) is 25.8 Å². The second-order valence-electron chi connectivity index (χ2n) is 1.96. The summed E-state index contributed by atoms with van der Waals surface area (Å²) in [6.45, 7) is 3.71. The molecule has 0 aliphatic rings. The Labute approximate surface area is 51.0 Å². The molecule has 0 aliphatic heterocycles. The maximum atomic E-state index is 10.3. The predicted molar refractivity (Wildman–Crippen MR) is 34.0 cm³/mol. The van der Waals surface area contributed by atoms with Crippen LogP contribution < -0.4 is 0 Å². The molecule has 0 aliphatic carbocycles. The molecule has 0 unspecified atom stereocenters. The Morgan fingerprint density at radius 2 is 2.25 bits per heavy atom. The van der Waals surface area contributed by atoms with E-state index in [-0.39, 0.29) is 5.76 Å². The SMILES string of the molecule is CCCC/C=C(\C)[O]. The van der Waals surface area contributed by atoms with Crippen molar-refractivity contribution in [2.75, 3.05) is 0 Å². The van der Waals surface area contributed by atoms with E-state index in [1.807, 2.05) is 0 Å². The van der Waals surface area contributed by atoms with Crippen molar-refractivity contribution < 1.29 is 5.11 Å². The van der Waals surface area contributed by atoms with E-state index >= 15 is 0 Å². The Bertz CT molecular complexity index is 70.5. The van der Waals surface area contributed by atoms with Crippen molar-refractivity contribution in [3.05, 3.63) is 11.8 Å². The van der Waals surface area contributed by atoms with Crippen LogP contribution in [0.1, 0.15) is 33.1 Å². The van der Waals surface area contributed by atoms with Crippen LogP contribution in [0.4, 0.5) is 0 Å². The van der Waals surface area contributed by atoms with Gasteiger partial charge in [0, 0.05) is 0 Å². The quantitative estimate of drug-likeness (QED) is 0.396. The minimum Gasteiger partial charge on any atom is -0.296 e. The Hall–Kier alpha value is -0.460. The van der Waals surface area contributed by atoms with E-state index in [0.29, 0.717) is 0 Å². The van der Waals surface area contributed by atoms with Gasteiger partial charge in [0.15, 0.2) is 0 Å². The second kappa shape index (κ2) is 4.69. The van der Waals surface area contributed by atoms with Gasteiger partial charge in [-0.1, -0.05) is 13.3 Å². The molecule has 0 rings (SSSR count). The Morgan fingerprint density at radius 3 is 2.62 bits per heavy atom. The lowest BCUT2D eigenvalue weighted by Gasteiger charge is -1.86. The van der Waals surface area contributed by atoms with Crippen LogP contribution in [0.15, 0.2) is 11.8 Å². The zero-order valence-electron chi connectivity index (χ0n) is 5.61. The molecule has 0 N–H and O–H groups in total. The molecule has 0 heterocycles. The fraction of sp³-hybridized carbons (Fsp3) is 0.714. The third-order valence-electron chi connectivity index (χ3n) is 0.989. The van der Waals surface area contributed by atoms with E-state index in [1.165, 1.54) is 6.42 Å². The van der Waals surface area contributed by atoms with Gasteiger partial charge in [-0.25, -0.2) is 0 Å². The zero-order valence-corrected chi connectivity index (χ0v) is 5.61. The van der Waals surface area contributed by atoms with E-state index in [2.05, 4.69) is 6.92 Å². The van der Waals surface area contributed by atoms with E-state index < -0.39 is 0 Å². The third kappa shape index (κ3) is 5.54. The van der Waals surface area contributed by atoms with Gasteiger partial charge in [0.1, 0.15) is 5.76 Å². The first-order valence-electron chi connectivity index (χ1n) is 3.11. The van der Waals surface area contributed by atoms with Crippen molar-refractivity contribution >= 4 is 0 Å². The van der Waals surface area contributed by atoms with Crippen LogP contribution in [0.25, 0.3) is 0 Å². The number of hydrogen-bond acceptors (Lipinski definition) is 0. The number of allylic oxidation sites excluding steroid dienone is 2. The average Bonchev–Trinajstić information content (AvgIpc) is 1.66. The number of rotatable bonds is 3. The van der Waals surface area contributed by atoms with Crippen LogP contribution in [0.3, 0.4) is 0 Å². The van der Waals surface area contributed by atoms with E-state index in [0.717, 1.165) is 12.8 Å². The van der Waals surface area contributed by atoms with Gasteiger partial charge in [0.2, 0.25) is 0 Å². The topological polar surface area (TPSA) is 19.9 Å². The molecule has 0 bridgehead atoms.